The standard InChI is InChI=1S/C33H38N6O8/c1-2-46-33(45)38-18-16-37(17-19-38)32(44)25(9-10-30(41)42)36-31(43)26-20-28(23-6-3-4-7-24(23)35-26)47-21-29(40)39-15-5-8-27(39)22-11-13-34-14-12-22/h3-4,6-7,11-14,20,25,27H,2,5,8-10,15-19,21H2,1H3,(H,36,43)(H,41,42). The molecule has 4 amide bonds. The van der Waals surface area contributed by atoms with Gasteiger partial charge in [0, 0.05) is 63.0 Å². The Morgan fingerprint density at radius 3 is 2.45 bits per heavy atom. The maximum absolute atomic E-state index is 13.5. The number of fused-ring (bicyclic) bond motifs is 1. The lowest BCUT2D eigenvalue weighted by Gasteiger charge is -2.35. The largest absolute Gasteiger partial charge is 0.483 e. The van der Waals surface area contributed by atoms with Crippen molar-refractivity contribution in [1.82, 2.24) is 30.0 Å². The molecule has 0 bridgehead atoms. The number of carboxylic acid groups (broad SMARTS) is 1. The molecule has 0 spiro atoms. The first kappa shape index (κ1) is 33.1. The van der Waals surface area contributed by atoms with Gasteiger partial charge < -0.3 is 34.6 Å². The smallest absolute Gasteiger partial charge is 0.409 e. The van der Waals surface area contributed by atoms with Crippen molar-refractivity contribution in [3.05, 3.63) is 66.1 Å². The number of nitrogens with zero attached hydrogens (tertiary/aromatic N) is 5. The van der Waals surface area contributed by atoms with E-state index in [4.69, 9.17) is 9.47 Å². The predicted molar refractivity (Wildman–Crippen MR) is 168 cm³/mol. The van der Waals surface area contributed by atoms with Gasteiger partial charge in [-0.3, -0.25) is 24.2 Å². The molecule has 2 aromatic heterocycles. The highest BCUT2D eigenvalue weighted by atomic mass is 16.6. The first-order chi connectivity index (χ1) is 22.7. The van der Waals surface area contributed by atoms with Crippen LogP contribution in [0.4, 0.5) is 4.79 Å². The number of likely N-dealkylation sites (tertiary alicyclic amines) is 1. The van der Waals surface area contributed by atoms with Crippen LogP contribution in [0.2, 0.25) is 0 Å². The number of para-hydroxylation sites is 1. The second-order valence-electron chi connectivity index (χ2n) is 11.3. The lowest BCUT2D eigenvalue weighted by atomic mass is 10.1. The molecule has 0 saturated carbocycles. The molecule has 14 heteroatoms. The Morgan fingerprint density at radius 2 is 1.72 bits per heavy atom. The Kier molecular flexibility index (Phi) is 10.8. The molecule has 2 fully saturated rings. The number of rotatable bonds is 11. The Bertz CT molecular complexity index is 1610. The number of carbonyl (C=O) groups excluding carboxylic acids is 4. The molecule has 2 N–H and O–H groups in total. The van der Waals surface area contributed by atoms with Crippen LogP contribution < -0.4 is 10.1 Å². The van der Waals surface area contributed by atoms with E-state index in [1.165, 1.54) is 15.9 Å². The van der Waals surface area contributed by atoms with Crippen LogP contribution in [-0.2, 0) is 19.1 Å². The van der Waals surface area contributed by atoms with Gasteiger partial charge in [-0.1, -0.05) is 12.1 Å². The maximum Gasteiger partial charge on any atom is 0.409 e. The molecule has 5 rings (SSSR count). The average Bonchev–Trinajstić information content (AvgIpc) is 3.59. The van der Waals surface area contributed by atoms with Gasteiger partial charge in [0.1, 0.15) is 17.5 Å². The number of carboxylic acids is 1. The summed E-state index contributed by atoms with van der Waals surface area (Å²) in [4.78, 5) is 77.1. The quantitative estimate of drug-likeness (QED) is 0.316. The molecule has 1 aromatic carbocycles. The van der Waals surface area contributed by atoms with Gasteiger partial charge in [-0.05, 0) is 56.0 Å². The zero-order valence-corrected chi connectivity index (χ0v) is 26.2. The van der Waals surface area contributed by atoms with Crippen LogP contribution in [0.15, 0.2) is 54.9 Å². The number of ether oxygens (including phenoxy) is 2. The van der Waals surface area contributed by atoms with E-state index in [-0.39, 0.29) is 75.6 Å². The number of aromatic nitrogens is 2. The number of amides is 4. The summed E-state index contributed by atoms with van der Waals surface area (Å²) in [6.07, 6.45) is 4.15. The molecule has 4 heterocycles. The van der Waals surface area contributed by atoms with Crippen LogP contribution in [0.5, 0.6) is 5.75 Å². The number of nitrogens with one attached hydrogen (secondary N) is 1. The fourth-order valence-corrected chi connectivity index (χ4v) is 5.90. The van der Waals surface area contributed by atoms with Crippen molar-refractivity contribution in [3.8, 4) is 5.75 Å². The van der Waals surface area contributed by atoms with E-state index in [0.717, 1.165) is 18.4 Å². The van der Waals surface area contributed by atoms with Crippen LogP contribution in [0.1, 0.15) is 54.7 Å². The van der Waals surface area contributed by atoms with Gasteiger partial charge in [-0.2, -0.15) is 0 Å². The van der Waals surface area contributed by atoms with E-state index in [2.05, 4.69) is 15.3 Å². The number of hydrogen-bond donors (Lipinski definition) is 2. The minimum absolute atomic E-state index is 0.0535. The second kappa shape index (κ2) is 15.3. The number of piperazine rings is 1. The molecular weight excluding hydrogens is 608 g/mol. The molecule has 14 nitrogen and oxygen atoms in total. The highest BCUT2D eigenvalue weighted by Crippen LogP contribution is 2.32. The van der Waals surface area contributed by atoms with Crippen molar-refractivity contribution in [2.24, 2.45) is 0 Å². The monoisotopic (exact) mass is 646 g/mol. The summed E-state index contributed by atoms with van der Waals surface area (Å²) < 4.78 is 11.1. The molecule has 0 radical (unpaired) electrons. The van der Waals surface area contributed by atoms with Gasteiger partial charge >= 0.3 is 12.1 Å². The van der Waals surface area contributed by atoms with Gasteiger partial charge in [0.05, 0.1) is 18.2 Å². The molecule has 2 aliphatic heterocycles. The highest BCUT2D eigenvalue weighted by molar-refractivity contribution is 5.99. The van der Waals surface area contributed by atoms with Crippen molar-refractivity contribution in [3.63, 3.8) is 0 Å². The third-order valence-electron chi connectivity index (χ3n) is 8.29. The number of benzene rings is 1. The highest BCUT2D eigenvalue weighted by Gasteiger charge is 2.32. The van der Waals surface area contributed by atoms with E-state index in [1.54, 1.807) is 48.5 Å². The third-order valence-corrected chi connectivity index (χ3v) is 8.29. The van der Waals surface area contributed by atoms with E-state index in [9.17, 15) is 29.1 Å². The Labute approximate surface area is 271 Å². The topological polar surface area (TPSA) is 172 Å². The zero-order chi connectivity index (χ0) is 33.3. The summed E-state index contributed by atoms with van der Waals surface area (Å²) in [5, 5.41) is 12.6. The lowest BCUT2D eigenvalue weighted by molar-refractivity contribution is -0.138. The minimum Gasteiger partial charge on any atom is -0.483 e. The molecule has 3 aromatic rings. The summed E-state index contributed by atoms with van der Waals surface area (Å²) in [6.45, 7) is 3.19. The number of carbonyl (C=O) groups is 5. The summed E-state index contributed by atoms with van der Waals surface area (Å²) in [5.41, 5.74) is 1.40. The molecule has 2 unspecified atom stereocenters. The summed E-state index contributed by atoms with van der Waals surface area (Å²) in [7, 11) is 0. The van der Waals surface area contributed by atoms with Gasteiger partial charge in [0.15, 0.2) is 6.61 Å². The van der Waals surface area contributed by atoms with Crippen molar-refractivity contribution in [2.45, 2.75) is 44.7 Å². The maximum atomic E-state index is 13.5. The zero-order valence-electron chi connectivity index (χ0n) is 26.2. The Morgan fingerprint density at radius 1 is 1.00 bits per heavy atom. The van der Waals surface area contributed by atoms with Crippen molar-refractivity contribution >= 4 is 40.7 Å². The summed E-state index contributed by atoms with van der Waals surface area (Å²) in [5.74, 6) is -2.19. The van der Waals surface area contributed by atoms with Crippen LogP contribution in [-0.4, -0.2) is 112 Å². The van der Waals surface area contributed by atoms with Gasteiger partial charge in [0.2, 0.25) is 5.91 Å². The molecule has 248 valence electrons. The van der Waals surface area contributed by atoms with E-state index >= 15 is 0 Å². The van der Waals surface area contributed by atoms with Crippen molar-refractivity contribution < 1.29 is 38.6 Å². The molecule has 2 aliphatic rings. The first-order valence-electron chi connectivity index (χ1n) is 15.7. The van der Waals surface area contributed by atoms with Crippen LogP contribution in [0.25, 0.3) is 10.9 Å². The lowest BCUT2D eigenvalue weighted by Crippen LogP contribution is -2.56. The molecule has 2 saturated heterocycles. The normalized spacial score (nSPS) is 16.9. The Hall–Kier alpha value is -5.27. The van der Waals surface area contributed by atoms with Crippen LogP contribution in [0.3, 0.4) is 0 Å². The minimum atomic E-state index is -1.15. The molecule has 0 aliphatic carbocycles. The fourth-order valence-electron chi connectivity index (χ4n) is 5.90. The van der Waals surface area contributed by atoms with E-state index < -0.39 is 29.9 Å². The number of hydrogen-bond acceptors (Lipinski definition) is 9. The third kappa shape index (κ3) is 8.12. The van der Waals surface area contributed by atoms with Gasteiger partial charge in [0.25, 0.3) is 11.8 Å². The van der Waals surface area contributed by atoms with Crippen LogP contribution in [0, 0.1) is 0 Å². The average molecular weight is 647 g/mol. The SMILES string of the molecule is CCOC(=O)N1CCN(C(=O)C(CCC(=O)O)NC(=O)c2cc(OCC(=O)N3CCCC3c3ccncc3)c3ccccc3n2)CC1. The van der Waals surface area contributed by atoms with Gasteiger partial charge in [-0.15, -0.1) is 0 Å². The molecule has 2 atom stereocenters. The molecule has 47 heavy (non-hydrogen) atoms. The number of aliphatic carboxylic acids is 1. The Balaban J connectivity index is 1.30. The summed E-state index contributed by atoms with van der Waals surface area (Å²) in [6, 6.07) is 11.0. The second-order valence-corrected chi connectivity index (χ2v) is 11.3. The predicted octanol–water partition coefficient (Wildman–Crippen LogP) is 2.64. The summed E-state index contributed by atoms with van der Waals surface area (Å²) >= 11 is 0. The van der Waals surface area contributed by atoms with Crippen LogP contribution >= 0.6 is 0 Å². The van der Waals surface area contributed by atoms with E-state index in [1.807, 2.05) is 12.1 Å². The molecular formula is C33H38N6O8. The van der Waals surface area contributed by atoms with Gasteiger partial charge in [-0.25, -0.2) is 9.78 Å². The number of pyridine rings is 2. The van der Waals surface area contributed by atoms with E-state index in [0.29, 0.717) is 17.4 Å². The fraction of sp³-hybridized carbons (Fsp3) is 0.424. The van der Waals surface area contributed by atoms with Crippen molar-refractivity contribution in [2.75, 3.05) is 45.9 Å². The first-order valence-corrected chi connectivity index (χ1v) is 15.7. The van der Waals surface area contributed by atoms with Crippen molar-refractivity contribution in [1.29, 1.82) is 0 Å².